The number of hydrogen-bond donors (Lipinski definition) is 3. The van der Waals surface area contributed by atoms with E-state index in [4.69, 9.17) is 28.4 Å². The number of aromatic amines is 1. The van der Waals surface area contributed by atoms with E-state index < -0.39 is 11.2 Å². The SMILES string of the molecule is COC[C@]12CC[C@@](C)(O)C[C@H]1CC[C@H]1[C@@H]3CC[C@H](C(=O)CBr)[C@@]3(C)CC[C@@H]12.COC[C@]12CC[C@@](C)(O)C[C@H]1CC[C@H]1[C@@H]3CC[C@H](C(=O)Cn4ncnn4)[C@@]3(C)CC[C@@H]12.O=CO[O-].[2H][2H].[2H][2H].[2H][2H].[H-].[K+].[K+].c1nn[nH]n1. The van der Waals surface area contributed by atoms with Crippen LogP contribution in [0.25, 0.3) is 0 Å². The van der Waals surface area contributed by atoms with Crippen molar-refractivity contribution >= 4 is 34.0 Å². The van der Waals surface area contributed by atoms with E-state index in [1.807, 2.05) is 28.1 Å². The molecule has 0 radical (unpaired) electrons. The zero-order valence-corrected chi connectivity index (χ0v) is 50.7. The number of hydrogen-bond acceptors (Lipinski definition) is 15. The van der Waals surface area contributed by atoms with E-state index in [1.54, 1.807) is 0 Å². The number of Topliss-reactive ketones (excluding diaryl/α,β-unsaturated/α-hetero) is 2. The second-order valence-corrected chi connectivity index (χ2v) is 23.7. The molecule has 0 amide bonds. The van der Waals surface area contributed by atoms with E-state index in [9.17, 15) is 19.8 Å². The molecule has 20 heteroatoms. The largest absolute Gasteiger partial charge is 1.00 e. The third kappa shape index (κ3) is 12.5. The first kappa shape index (κ1) is 55.7. The number of alkyl halides is 1. The van der Waals surface area contributed by atoms with Crippen molar-refractivity contribution in [2.24, 2.45) is 80.8 Å². The Morgan fingerprint density at radius 3 is 1.62 bits per heavy atom. The summed E-state index contributed by atoms with van der Waals surface area (Å²) in [5.41, 5.74) is -0.295. The molecule has 2 aromatic heterocycles. The van der Waals surface area contributed by atoms with Crippen LogP contribution in [0.5, 0.6) is 0 Å². The molecule has 0 spiro atoms. The number of carbonyl (C=O) groups excluding carboxylic acids is 3. The minimum atomic E-state index is -0.530. The maximum atomic E-state index is 13.2. The van der Waals surface area contributed by atoms with Gasteiger partial charge in [0.1, 0.15) is 12.3 Å². The number of tetrazole rings is 2. The number of nitrogens with one attached hydrogen (secondary N) is 1. The summed E-state index contributed by atoms with van der Waals surface area (Å²) in [6, 6.07) is 0. The van der Waals surface area contributed by atoms with Gasteiger partial charge in [-0.15, -0.1) is 20.4 Å². The number of fused-ring (bicyclic) bond motifs is 10. The van der Waals surface area contributed by atoms with Crippen LogP contribution in [0.2, 0.25) is 0 Å². The second-order valence-electron chi connectivity index (χ2n) is 23.2. The second kappa shape index (κ2) is 25.6. The van der Waals surface area contributed by atoms with Gasteiger partial charge in [0, 0.05) is 35.0 Å². The molecule has 8 aliphatic rings. The fourth-order valence-corrected chi connectivity index (χ4v) is 17.7. The van der Waals surface area contributed by atoms with E-state index in [1.165, 1.54) is 68.8 Å². The molecular formula is C49H85BrK2N8O9. The molecule has 8 fully saturated rings. The van der Waals surface area contributed by atoms with Gasteiger partial charge in [-0.05, 0) is 204 Å². The topological polar surface area (TPSA) is 240 Å². The average molecular weight is 1090 g/mol. The van der Waals surface area contributed by atoms with Gasteiger partial charge in [0.15, 0.2) is 18.4 Å². The number of ether oxygens (including phenoxy) is 2. The summed E-state index contributed by atoms with van der Waals surface area (Å²) in [7, 11) is 3.70. The van der Waals surface area contributed by atoms with Crippen molar-refractivity contribution in [1.82, 2.24) is 40.8 Å². The Morgan fingerprint density at radius 1 is 0.754 bits per heavy atom. The first-order valence-electron chi connectivity index (χ1n) is 28.1. The Morgan fingerprint density at radius 2 is 1.25 bits per heavy atom. The molecule has 8 saturated carbocycles. The average Bonchev–Trinajstić information content (AvgIpc) is 4.25. The van der Waals surface area contributed by atoms with Gasteiger partial charge < -0.3 is 31.3 Å². The number of carbonyl (C=O) groups is 3. The third-order valence-electron chi connectivity index (χ3n) is 20.0. The zero-order chi connectivity index (χ0) is 54.3. The van der Waals surface area contributed by atoms with Crippen LogP contribution in [-0.2, 0) is 35.3 Å². The standard InChI is InChI=1S/C24H38N4O3.C23H37BrO3.CH2N4.CH2O3.2K.3H2.H/c1-22(30)10-11-24(14-31-3)16(12-22)4-5-17-18-6-7-20(23(18,2)9-8-19(17)24)21(29)13-28-26-15-25-27-28;1-21(26)10-11-23(14-27-3)15(12-21)4-5-16-17-6-7-19(20(25)13-24)22(17,2)9-8-18(16)23;1-2-4-5-3-1;2-1-4-3;;;;;;/h15-20,30H,4-14H2,1-3H3;15-19,26H,4-14H2,1-3H3;1H,(H,2,3,4,5);1,3H;;;3*1H;/q;;;;2*+1;;;;-1/p-1/t16-,17+,18+,19+,20-,22-,23+,24-;15-,16+,17+,18+,19-,21-,22+,23-;;;;;;;;/m11......../s1/i;;;;;;3*1+1D;. The molecule has 0 bridgehead atoms. The van der Waals surface area contributed by atoms with Gasteiger partial charge in [-0.25, -0.2) is 0 Å². The number of rotatable bonds is 10. The van der Waals surface area contributed by atoms with Crippen LogP contribution >= 0.6 is 15.9 Å². The molecule has 0 aliphatic heterocycles. The minimum Gasteiger partial charge on any atom is -1.00 e. The maximum Gasteiger partial charge on any atom is 1.00 e. The number of halogens is 1. The predicted molar refractivity (Wildman–Crippen MR) is 254 cm³/mol. The van der Waals surface area contributed by atoms with Gasteiger partial charge in [0.25, 0.3) is 6.47 Å². The van der Waals surface area contributed by atoms with Crippen LogP contribution in [-0.4, -0.2) is 113 Å². The van der Waals surface area contributed by atoms with E-state index in [-0.39, 0.29) is 156 Å². The van der Waals surface area contributed by atoms with E-state index in [2.05, 4.69) is 70.7 Å². The molecule has 3 N–H and O–H groups in total. The van der Waals surface area contributed by atoms with Gasteiger partial charge in [-0.1, -0.05) is 35.0 Å². The van der Waals surface area contributed by atoms with Crippen LogP contribution in [0.1, 0.15) is 154 Å². The van der Waals surface area contributed by atoms with Gasteiger partial charge in [0.05, 0.1) is 29.7 Å². The monoisotopic (exact) mass is 1090 g/mol. The Labute approximate surface area is 513 Å². The molecule has 8 aliphatic carbocycles. The zero-order valence-electron chi connectivity index (χ0n) is 49.8. The van der Waals surface area contributed by atoms with Crippen LogP contribution in [0.15, 0.2) is 12.7 Å². The Balaban J connectivity index is 0.000000586. The van der Waals surface area contributed by atoms with Crippen LogP contribution in [0, 0.1) is 80.8 Å². The quantitative estimate of drug-likeness (QED) is 0.0979. The first-order chi connectivity index (χ1) is 35.0. The molecular weight excluding hydrogens is 1000 g/mol. The van der Waals surface area contributed by atoms with E-state index >= 15 is 0 Å². The summed E-state index contributed by atoms with van der Waals surface area (Å²) >= 11 is 3.43. The summed E-state index contributed by atoms with van der Waals surface area (Å²) < 4.78 is 41.7. The fraction of sp³-hybridized carbons (Fsp3) is 0.898. The number of ketones is 2. The summed E-state index contributed by atoms with van der Waals surface area (Å²) in [5.74, 6) is 6.30. The van der Waals surface area contributed by atoms with E-state index in [0.29, 0.717) is 52.5 Å². The van der Waals surface area contributed by atoms with E-state index in [0.717, 1.165) is 83.3 Å². The Hall–Kier alpha value is 0.503. The number of H-pyrrole nitrogens is 1. The van der Waals surface area contributed by atoms with Crippen molar-refractivity contribution < 1.29 is 157 Å². The molecule has 2 aromatic rings. The van der Waals surface area contributed by atoms with Gasteiger partial charge in [-0.2, -0.15) is 10.0 Å². The molecule has 0 aromatic carbocycles. The summed E-state index contributed by atoms with van der Waals surface area (Å²) in [4.78, 5) is 38.5. The molecule has 384 valence electrons. The molecule has 10 rings (SSSR count). The molecule has 0 unspecified atom stereocenters. The van der Waals surface area contributed by atoms with Crippen LogP contribution < -0.4 is 108 Å². The number of aliphatic hydroxyl groups is 2. The fourth-order valence-electron chi connectivity index (χ4n) is 17.4. The van der Waals surface area contributed by atoms with Crippen molar-refractivity contribution in [2.75, 3.05) is 32.8 Å². The van der Waals surface area contributed by atoms with Gasteiger partial charge in [-0.3, -0.25) is 14.4 Å². The first-order valence-corrected chi connectivity index (χ1v) is 26.2. The predicted octanol–water partition coefficient (Wildman–Crippen LogP) is 0.758. The Bertz CT molecular complexity index is 1960. The smallest absolute Gasteiger partial charge is 1.00 e. The third-order valence-corrected chi connectivity index (χ3v) is 20.6. The minimum absolute atomic E-state index is 0. The molecule has 0 saturated heterocycles. The summed E-state index contributed by atoms with van der Waals surface area (Å²) in [5, 5.41) is 54.3. The van der Waals surface area contributed by atoms with Crippen molar-refractivity contribution in [3.63, 3.8) is 0 Å². The number of aromatic nitrogens is 8. The molecule has 2 heterocycles. The van der Waals surface area contributed by atoms with Gasteiger partial charge in [0.2, 0.25) is 0 Å². The molecule has 16 atom stereocenters. The van der Waals surface area contributed by atoms with Crippen LogP contribution in [0.4, 0.5) is 0 Å². The van der Waals surface area contributed by atoms with Crippen molar-refractivity contribution in [2.45, 2.75) is 161 Å². The number of methoxy groups -OCH3 is 2. The van der Waals surface area contributed by atoms with Crippen LogP contribution in [0.3, 0.4) is 0 Å². The van der Waals surface area contributed by atoms with Crippen molar-refractivity contribution in [3.8, 4) is 0 Å². The van der Waals surface area contributed by atoms with Crippen molar-refractivity contribution in [3.05, 3.63) is 12.7 Å². The molecule has 17 nitrogen and oxygen atoms in total. The molecule has 69 heavy (non-hydrogen) atoms. The summed E-state index contributed by atoms with van der Waals surface area (Å²) in [6.45, 7) is 10.6. The number of nitrogens with zero attached hydrogens (tertiary/aromatic N) is 7. The van der Waals surface area contributed by atoms with Crippen molar-refractivity contribution in [1.29, 1.82) is 0 Å². The van der Waals surface area contributed by atoms with Gasteiger partial charge >= 0.3 is 103 Å². The Kier molecular flexibility index (Phi) is 20.6. The normalized spacial score (nSPS) is 42.6. The summed E-state index contributed by atoms with van der Waals surface area (Å²) in [6.07, 6.45) is 22.7. The maximum absolute atomic E-state index is 13.2.